The Kier molecular flexibility index (Phi) is 6.09. The van der Waals surface area contributed by atoms with Crippen molar-refractivity contribution < 1.29 is 17.9 Å². The number of carbonyl (C=O) groups is 1. The van der Waals surface area contributed by atoms with Gasteiger partial charge in [0.2, 0.25) is 15.9 Å². The average molecular weight is 366 g/mol. The van der Waals surface area contributed by atoms with Crippen LogP contribution in [0.3, 0.4) is 0 Å². The smallest absolute Gasteiger partial charge is 0.223 e. The maximum Gasteiger partial charge on any atom is 0.223 e. The van der Waals surface area contributed by atoms with Crippen LogP contribution in [0.1, 0.15) is 36.8 Å². The lowest BCUT2D eigenvalue weighted by Gasteiger charge is -2.26. The molecule has 1 saturated heterocycles. The first-order chi connectivity index (χ1) is 12.1. The topological polar surface area (TPSA) is 75.7 Å². The second kappa shape index (κ2) is 8.29. The van der Waals surface area contributed by atoms with Crippen LogP contribution >= 0.6 is 0 Å². The third-order valence-corrected chi connectivity index (χ3v) is 6.83. The average Bonchev–Trinajstić information content (AvgIpc) is 3.16. The van der Waals surface area contributed by atoms with Crippen molar-refractivity contribution in [1.29, 1.82) is 0 Å². The maximum absolute atomic E-state index is 12.6. The summed E-state index contributed by atoms with van der Waals surface area (Å²) in [5.74, 6) is 0.162. The second-order valence-electron chi connectivity index (χ2n) is 6.74. The van der Waals surface area contributed by atoms with Crippen LogP contribution in [-0.2, 0) is 31.9 Å². The molecule has 0 spiro atoms. The number of hydrogen-bond donors (Lipinski definition) is 1. The molecule has 3 rings (SSSR count). The van der Waals surface area contributed by atoms with Gasteiger partial charge in [0.15, 0.2) is 0 Å². The molecule has 1 amide bonds. The van der Waals surface area contributed by atoms with E-state index in [0.29, 0.717) is 32.8 Å². The standard InChI is InChI=1S/C18H26N2O4S/c21-18(15-5-1-2-6-15)19-13-16-7-3-4-8-17(16)14-25(22,23)20-9-11-24-12-10-20/h3-4,7-8,15H,1-2,5-6,9-14H2,(H,19,21). The molecule has 0 bridgehead atoms. The van der Waals surface area contributed by atoms with E-state index in [0.717, 1.165) is 36.8 Å². The Morgan fingerprint density at radius 3 is 2.44 bits per heavy atom. The SMILES string of the molecule is O=C(NCc1ccccc1CS(=O)(=O)N1CCOCC1)C1CCCC1. The van der Waals surface area contributed by atoms with Crippen LogP contribution < -0.4 is 5.32 Å². The van der Waals surface area contributed by atoms with Gasteiger partial charge in [-0.15, -0.1) is 0 Å². The normalized spacial score (nSPS) is 19.8. The largest absolute Gasteiger partial charge is 0.379 e. The fraction of sp³-hybridized carbons (Fsp3) is 0.611. The molecule has 1 saturated carbocycles. The van der Waals surface area contributed by atoms with E-state index in [2.05, 4.69) is 5.32 Å². The van der Waals surface area contributed by atoms with Gasteiger partial charge in [-0.25, -0.2) is 8.42 Å². The van der Waals surface area contributed by atoms with Crippen molar-refractivity contribution >= 4 is 15.9 Å². The van der Waals surface area contributed by atoms with E-state index in [9.17, 15) is 13.2 Å². The molecule has 138 valence electrons. The van der Waals surface area contributed by atoms with Gasteiger partial charge in [-0.1, -0.05) is 37.1 Å². The summed E-state index contributed by atoms with van der Waals surface area (Å²) in [5, 5.41) is 2.98. The zero-order valence-corrected chi connectivity index (χ0v) is 15.3. The summed E-state index contributed by atoms with van der Waals surface area (Å²) in [6, 6.07) is 7.43. The first-order valence-electron chi connectivity index (χ1n) is 8.96. The molecular formula is C18H26N2O4S. The number of nitrogens with one attached hydrogen (secondary N) is 1. The van der Waals surface area contributed by atoms with E-state index in [-0.39, 0.29) is 17.6 Å². The number of rotatable bonds is 6. The number of carbonyl (C=O) groups excluding carboxylic acids is 1. The van der Waals surface area contributed by atoms with Crippen molar-refractivity contribution in [1.82, 2.24) is 9.62 Å². The molecule has 1 aromatic rings. The Morgan fingerprint density at radius 1 is 1.12 bits per heavy atom. The first kappa shape index (κ1) is 18.4. The summed E-state index contributed by atoms with van der Waals surface area (Å²) in [7, 11) is -3.37. The van der Waals surface area contributed by atoms with E-state index in [1.165, 1.54) is 4.31 Å². The minimum absolute atomic E-state index is 0.0392. The molecule has 1 aliphatic carbocycles. The molecule has 0 aromatic heterocycles. The summed E-state index contributed by atoms with van der Waals surface area (Å²) in [6.45, 7) is 2.08. The third kappa shape index (κ3) is 4.80. The third-order valence-electron chi connectivity index (χ3n) is 5.00. The molecule has 2 aliphatic rings. The molecule has 0 atom stereocenters. The highest BCUT2D eigenvalue weighted by atomic mass is 32.2. The lowest BCUT2D eigenvalue weighted by atomic mass is 10.1. The van der Waals surface area contributed by atoms with Crippen molar-refractivity contribution in [2.45, 2.75) is 38.0 Å². The number of hydrogen-bond acceptors (Lipinski definition) is 4. The number of nitrogens with zero attached hydrogens (tertiary/aromatic N) is 1. The highest BCUT2D eigenvalue weighted by Crippen LogP contribution is 2.25. The van der Waals surface area contributed by atoms with Gasteiger partial charge in [-0.2, -0.15) is 4.31 Å². The molecule has 2 fully saturated rings. The predicted molar refractivity (Wildman–Crippen MR) is 95.3 cm³/mol. The van der Waals surface area contributed by atoms with Gasteiger partial charge in [0.1, 0.15) is 0 Å². The molecule has 1 heterocycles. The van der Waals surface area contributed by atoms with Gasteiger partial charge in [-0.05, 0) is 24.0 Å². The molecule has 7 heteroatoms. The van der Waals surface area contributed by atoms with Crippen LogP contribution in [0, 0.1) is 5.92 Å². The highest BCUT2D eigenvalue weighted by Gasteiger charge is 2.26. The van der Waals surface area contributed by atoms with Gasteiger partial charge in [-0.3, -0.25) is 4.79 Å². The van der Waals surface area contributed by atoms with E-state index in [4.69, 9.17) is 4.74 Å². The molecule has 6 nitrogen and oxygen atoms in total. The Balaban J connectivity index is 1.64. The zero-order chi connectivity index (χ0) is 17.7. The summed E-state index contributed by atoms with van der Waals surface area (Å²) < 4.78 is 32.0. The van der Waals surface area contributed by atoms with Crippen molar-refractivity contribution in [3.63, 3.8) is 0 Å². The van der Waals surface area contributed by atoms with Crippen LogP contribution in [0.2, 0.25) is 0 Å². The Bertz CT molecular complexity index is 693. The first-order valence-corrected chi connectivity index (χ1v) is 10.6. The predicted octanol–water partition coefficient (Wildman–Crippen LogP) is 1.65. The van der Waals surface area contributed by atoms with Crippen LogP contribution in [0.4, 0.5) is 0 Å². The summed E-state index contributed by atoms with van der Waals surface area (Å²) in [6.07, 6.45) is 4.15. The van der Waals surface area contributed by atoms with Gasteiger partial charge < -0.3 is 10.1 Å². The lowest BCUT2D eigenvalue weighted by molar-refractivity contribution is -0.124. The molecular weight excluding hydrogens is 340 g/mol. The summed E-state index contributed by atoms with van der Waals surface area (Å²) >= 11 is 0. The monoisotopic (exact) mass is 366 g/mol. The molecule has 1 aromatic carbocycles. The van der Waals surface area contributed by atoms with E-state index < -0.39 is 10.0 Å². The summed E-state index contributed by atoms with van der Waals surface area (Å²) in [5.41, 5.74) is 1.62. The molecule has 1 N–H and O–H groups in total. The van der Waals surface area contributed by atoms with Crippen LogP contribution in [0.25, 0.3) is 0 Å². The fourth-order valence-electron chi connectivity index (χ4n) is 3.50. The maximum atomic E-state index is 12.6. The van der Waals surface area contributed by atoms with Crippen LogP contribution in [0.5, 0.6) is 0 Å². The van der Waals surface area contributed by atoms with Gasteiger partial charge in [0.25, 0.3) is 0 Å². The van der Waals surface area contributed by atoms with Crippen molar-refractivity contribution in [3.8, 4) is 0 Å². The second-order valence-corrected chi connectivity index (χ2v) is 8.70. The van der Waals surface area contributed by atoms with Crippen molar-refractivity contribution in [2.24, 2.45) is 5.92 Å². The van der Waals surface area contributed by atoms with E-state index >= 15 is 0 Å². The van der Waals surface area contributed by atoms with E-state index in [1.807, 2.05) is 24.3 Å². The lowest BCUT2D eigenvalue weighted by Crippen LogP contribution is -2.41. The Labute approximate surface area is 149 Å². The van der Waals surface area contributed by atoms with Gasteiger partial charge >= 0.3 is 0 Å². The Morgan fingerprint density at radius 2 is 1.76 bits per heavy atom. The number of ether oxygens (including phenoxy) is 1. The van der Waals surface area contributed by atoms with E-state index in [1.54, 1.807) is 0 Å². The summed E-state index contributed by atoms with van der Waals surface area (Å²) in [4.78, 5) is 12.2. The van der Waals surface area contributed by atoms with Gasteiger partial charge in [0.05, 0.1) is 19.0 Å². The molecule has 25 heavy (non-hydrogen) atoms. The number of morpholine rings is 1. The quantitative estimate of drug-likeness (QED) is 0.831. The Hall–Kier alpha value is -1.44. The van der Waals surface area contributed by atoms with Crippen LogP contribution in [-0.4, -0.2) is 44.9 Å². The van der Waals surface area contributed by atoms with Crippen molar-refractivity contribution in [2.75, 3.05) is 26.3 Å². The molecule has 0 unspecified atom stereocenters. The fourth-order valence-corrected chi connectivity index (χ4v) is 5.06. The van der Waals surface area contributed by atoms with Gasteiger partial charge in [0, 0.05) is 25.6 Å². The minimum atomic E-state index is -3.37. The number of benzene rings is 1. The zero-order valence-electron chi connectivity index (χ0n) is 14.4. The molecule has 0 radical (unpaired) electrons. The van der Waals surface area contributed by atoms with Crippen LogP contribution in [0.15, 0.2) is 24.3 Å². The minimum Gasteiger partial charge on any atom is -0.379 e. The number of amides is 1. The highest BCUT2D eigenvalue weighted by molar-refractivity contribution is 7.88. The van der Waals surface area contributed by atoms with Crippen molar-refractivity contribution in [3.05, 3.63) is 35.4 Å². The number of sulfonamides is 1. The molecule has 1 aliphatic heterocycles.